The van der Waals surface area contributed by atoms with E-state index in [0.29, 0.717) is 17.9 Å². The van der Waals surface area contributed by atoms with E-state index in [-0.39, 0.29) is 17.4 Å². The minimum Gasteiger partial charge on any atom is -0.504 e. The lowest BCUT2D eigenvalue weighted by Gasteiger charge is -2.10. The third-order valence-corrected chi connectivity index (χ3v) is 2.92. The molecule has 2 rings (SSSR count). The predicted molar refractivity (Wildman–Crippen MR) is 71.2 cm³/mol. The van der Waals surface area contributed by atoms with E-state index in [1.807, 2.05) is 6.92 Å². The Morgan fingerprint density at radius 3 is 2.65 bits per heavy atom. The monoisotopic (exact) mass is 278 g/mol. The summed E-state index contributed by atoms with van der Waals surface area (Å²) in [7, 11) is 1.70. The standard InChI is InChI=1S/C12H18N6O2/c1-5-18-14-8(3)11(16-18)12(20)13-7(2)10-9(19)6-17(4)15-10/h6-7,19H,5H2,1-4H3,(H,13,20). The molecule has 0 aliphatic heterocycles. The summed E-state index contributed by atoms with van der Waals surface area (Å²) in [6, 6.07) is -0.421. The average molecular weight is 278 g/mol. The number of aromatic nitrogens is 5. The van der Waals surface area contributed by atoms with Gasteiger partial charge in [0.1, 0.15) is 5.69 Å². The summed E-state index contributed by atoms with van der Waals surface area (Å²) >= 11 is 0. The molecule has 2 heterocycles. The Morgan fingerprint density at radius 2 is 2.15 bits per heavy atom. The Labute approximate surface area is 116 Å². The van der Waals surface area contributed by atoms with Gasteiger partial charge in [-0.3, -0.25) is 9.48 Å². The average Bonchev–Trinajstić information content (AvgIpc) is 2.91. The van der Waals surface area contributed by atoms with Gasteiger partial charge in [0.05, 0.1) is 24.5 Å². The van der Waals surface area contributed by atoms with Gasteiger partial charge >= 0.3 is 0 Å². The smallest absolute Gasteiger partial charge is 0.274 e. The van der Waals surface area contributed by atoms with Gasteiger partial charge in [0.2, 0.25) is 0 Å². The molecule has 108 valence electrons. The number of rotatable bonds is 4. The van der Waals surface area contributed by atoms with E-state index < -0.39 is 6.04 Å². The summed E-state index contributed by atoms with van der Waals surface area (Å²) in [6.07, 6.45) is 1.48. The highest BCUT2D eigenvalue weighted by atomic mass is 16.3. The molecule has 0 aliphatic rings. The van der Waals surface area contributed by atoms with Gasteiger partial charge in [0, 0.05) is 7.05 Å². The molecule has 2 aromatic rings. The van der Waals surface area contributed by atoms with Crippen LogP contribution in [0.25, 0.3) is 0 Å². The zero-order chi connectivity index (χ0) is 14.9. The Kier molecular flexibility index (Phi) is 3.73. The Morgan fingerprint density at radius 1 is 1.45 bits per heavy atom. The van der Waals surface area contributed by atoms with Crippen molar-refractivity contribution in [2.45, 2.75) is 33.4 Å². The summed E-state index contributed by atoms with van der Waals surface area (Å²) in [4.78, 5) is 13.6. The number of nitrogens with zero attached hydrogens (tertiary/aromatic N) is 5. The van der Waals surface area contributed by atoms with Crippen molar-refractivity contribution in [3.05, 3.63) is 23.3 Å². The van der Waals surface area contributed by atoms with E-state index in [1.165, 1.54) is 15.7 Å². The normalized spacial score (nSPS) is 12.4. The van der Waals surface area contributed by atoms with Crippen molar-refractivity contribution >= 4 is 5.91 Å². The van der Waals surface area contributed by atoms with Crippen LogP contribution >= 0.6 is 0 Å². The number of carbonyl (C=O) groups is 1. The molecule has 8 nitrogen and oxygen atoms in total. The number of aryl methyl sites for hydroxylation is 3. The maximum atomic E-state index is 12.2. The van der Waals surface area contributed by atoms with Crippen molar-refractivity contribution < 1.29 is 9.90 Å². The van der Waals surface area contributed by atoms with E-state index in [1.54, 1.807) is 20.9 Å². The lowest BCUT2D eigenvalue weighted by Crippen LogP contribution is -2.28. The largest absolute Gasteiger partial charge is 0.504 e. The molecule has 1 unspecified atom stereocenters. The first-order valence-corrected chi connectivity index (χ1v) is 6.37. The zero-order valence-electron chi connectivity index (χ0n) is 12.0. The number of amides is 1. The fourth-order valence-electron chi connectivity index (χ4n) is 1.92. The van der Waals surface area contributed by atoms with Crippen molar-refractivity contribution in [1.29, 1.82) is 0 Å². The maximum absolute atomic E-state index is 12.2. The fraction of sp³-hybridized carbons (Fsp3) is 0.500. The van der Waals surface area contributed by atoms with Crippen LogP contribution in [-0.2, 0) is 13.6 Å². The first-order valence-electron chi connectivity index (χ1n) is 6.37. The first-order chi connectivity index (χ1) is 9.42. The van der Waals surface area contributed by atoms with Crippen molar-refractivity contribution in [3.63, 3.8) is 0 Å². The summed E-state index contributed by atoms with van der Waals surface area (Å²) < 4.78 is 1.49. The van der Waals surface area contributed by atoms with Gasteiger partial charge in [0.15, 0.2) is 11.4 Å². The third-order valence-electron chi connectivity index (χ3n) is 2.92. The second-order valence-corrected chi connectivity index (χ2v) is 4.59. The molecule has 2 aromatic heterocycles. The number of hydrogen-bond donors (Lipinski definition) is 2. The van der Waals surface area contributed by atoms with E-state index in [0.717, 1.165) is 0 Å². The fourth-order valence-corrected chi connectivity index (χ4v) is 1.92. The molecule has 1 atom stereocenters. The van der Waals surface area contributed by atoms with Crippen LogP contribution in [0.3, 0.4) is 0 Å². The van der Waals surface area contributed by atoms with Crippen molar-refractivity contribution in [3.8, 4) is 5.75 Å². The molecule has 0 bridgehead atoms. The summed E-state index contributed by atoms with van der Waals surface area (Å²) in [5.41, 5.74) is 1.28. The number of carbonyl (C=O) groups excluding carboxylic acids is 1. The predicted octanol–water partition coefficient (Wildman–Crippen LogP) is 0.537. The van der Waals surface area contributed by atoms with Crippen LogP contribution in [0, 0.1) is 6.92 Å². The molecule has 0 aliphatic carbocycles. The Hall–Kier alpha value is -2.38. The van der Waals surface area contributed by atoms with Crippen LogP contribution in [0.4, 0.5) is 0 Å². The van der Waals surface area contributed by atoms with Crippen LogP contribution in [0.1, 0.15) is 41.8 Å². The van der Waals surface area contributed by atoms with Crippen LogP contribution in [0.15, 0.2) is 6.20 Å². The quantitative estimate of drug-likeness (QED) is 0.850. The van der Waals surface area contributed by atoms with E-state index in [4.69, 9.17) is 0 Å². The van der Waals surface area contributed by atoms with Gasteiger partial charge < -0.3 is 10.4 Å². The van der Waals surface area contributed by atoms with Crippen LogP contribution in [0.2, 0.25) is 0 Å². The van der Waals surface area contributed by atoms with Gasteiger partial charge in [-0.1, -0.05) is 0 Å². The highest BCUT2D eigenvalue weighted by Crippen LogP contribution is 2.21. The first kappa shape index (κ1) is 14.0. The molecule has 0 fully saturated rings. The molecular weight excluding hydrogens is 260 g/mol. The van der Waals surface area contributed by atoms with Crippen LogP contribution in [0.5, 0.6) is 5.75 Å². The molecule has 1 amide bonds. The number of aromatic hydroxyl groups is 1. The van der Waals surface area contributed by atoms with Gasteiger partial charge in [-0.25, -0.2) is 0 Å². The topological polar surface area (TPSA) is 97.9 Å². The highest BCUT2D eigenvalue weighted by Gasteiger charge is 2.21. The lowest BCUT2D eigenvalue weighted by molar-refractivity contribution is 0.0932. The minimum absolute atomic E-state index is 0.0502. The Bertz CT molecular complexity index is 630. The Balaban J connectivity index is 2.14. The number of hydrogen-bond acceptors (Lipinski definition) is 5. The van der Waals surface area contributed by atoms with Crippen molar-refractivity contribution in [2.24, 2.45) is 7.05 Å². The molecule has 20 heavy (non-hydrogen) atoms. The van der Waals surface area contributed by atoms with Gasteiger partial charge in [-0.05, 0) is 20.8 Å². The van der Waals surface area contributed by atoms with Gasteiger partial charge in [-0.15, -0.1) is 5.10 Å². The van der Waals surface area contributed by atoms with Crippen molar-refractivity contribution in [2.75, 3.05) is 0 Å². The molecule has 2 N–H and O–H groups in total. The minimum atomic E-state index is -0.421. The van der Waals surface area contributed by atoms with Crippen LogP contribution in [-0.4, -0.2) is 35.8 Å². The number of nitrogens with one attached hydrogen (secondary N) is 1. The van der Waals surface area contributed by atoms with E-state index >= 15 is 0 Å². The van der Waals surface area contributed by atoms with Gasteiger partial charge in [-0.2, -0.15) is 15.0 Å². The van der Waals surface area contributed by atoms with Crippen LogP contribution < -0.4 is 5.32 Å². The third kappa shape index (κ3) is 2.63. The molecule has 0 saturated heterocycles. The molecular formula is C12H18N6O2. The second kappa shape index (κ2) is 5.32. The van der Waals surface area contributed by atoms with Gasteiger partial charge in [0.25, 0.3) is 5.91 Å². The zero-order valence-corrected chi connectivity index (χ0v) is 12.0. The lowest BCUT2D eigenvalue weighted by atomic mass is 10.2. The summed E-state index contributed by atoms with van der Waals surface area (Å²) in [5.74, 6) is -0.283. The highest BCUT2D eigenvalue weighted by molar-refractivity contribution is 5.93. The maximum Gasteiger partial charge on any atom is 0.274 e. The van der Waals surface area contributed by atoms with E-state index in [2.05, 4.69) is 20.6 Å². The summed E-state index contributed by atoms with van der Waals surface area (Å²) in [5, 5.41) is 24.8. The molecule has 8 heteroatoms. The van der Waals surface area contributed by atoms with E-state index in [9.17, 15) is 9.90 Å². The molecule has 0 aromatic carbocycles. The van der Waals surface area contributed by atoms with Crippen molar-refractivity contribution in [1.82, 2.24) is 30.1 Å². The SMILES string of the molecule is CCn1nc(C)c(C(=O)NC(C)c2nn(C)cc2O)n1. The molecule has 0 saturated carbocycles. The summed E-state index contributed by atoms with van der Waals surface area (Å²) in [6.45, 7) is 5.98. The second-order valence-electron chi connectivity index (χ2n) is 4.59. The molecule has 0 radical (unpaired) electrons. The molecule has 0 spiro atoms.